The van der Waals surface area contributed by atoms with Gasteiger partial charge in [0.15, 0.2) is 0 Å². The Kier molecular flexibility index (Phi) is 5.90. The van der Waals surface area contributed by atoms with E-state index in [2.05, 4.69) is 11.9 Å². The predicted molar refractivity (Wildman–Crippen MR) is 102 cm³/mol. The third-order valence-corrected chi connectivity index (χ3v) is 5.90. The van der Waals surface area contributed by atoms with Crippen LogP contribution in [0.2, 0.25) is 5.02 Å². The van der Waals surface area contributed by atoms with Crippen LogP contribution in [0, 0.1) is 5.82 Å². The molecule has 0 unspecified atom stereocenters. The summed E-state index contributed by atoms with van der Waals surface area (Å²) < 4.78 is 14.0. The average Bonchev–Trinajstić information content (AvgIpc) is 2.96. The molecule has 3 rings (SSSR count). The topological polar surface area (TPSA) is 52.7 Å². The van der Waals surface area contributed by atoms with Crippen LogP contribution < -0.4 is 5.32 Å². The molecule has 0 aliphatic carbocycles. The molecule has 1 aromatic heterocycles. The number of hydrogen-bond donors (Lipinski definition) is 1. The molecular formula is C18H19ClFN3O2S. The van der Waals surface area contributed by atoms with Crippen LogP contribution in [0.5, 0.6) is 0 Å². The Labute approximate surface area is 160 Å². The zero-order chi connectivity index (χ0) is 18.7. The van der Waals surface area contributed by atoms with Crippen LogP contribution in [0.3, 0.4) is 0 Å². The molecule has 1 saturated heterocycles. The number of rotatable bonds is 5. The van der Waals surface area contributed by atoms with Crippen molar-refractivity contribution in [1.29, 1.82) is 0 Å². The Morgan fingerprint density at radius 3 is 2.73 bits per heavy atom. The van der Waals surface area contributed by atoms with Gasteiger partial charge in [0.05, 0.1) is 11.6 Å². The lowest BCUT2D eigenvalue weighted by Gasteiger charge is -2.34. The lowest BCUT2D eigenvalue weighted by Crippen LogP contribution is -2.51. The summed E-state index contributed by atoms with van der Waals surface area (Å²) in [5.74, 6) is -0.551. The van der Waals surface area contributed by atoms with E-state index in [4.69, 9.17) is 11.6 Å². The molecule has 0 spiro atoms. The number of amides is 2. The molecule has 1 N–H and O–H groups in total. The van der Waals surface area contributed by atoms with Crippen LogP contribution in [-0.2, 0) is 4.79 Å². The average molecular weight is 396 g/mol. The second-order valence-corrected chi connectivity index (χ2v) is 7.48. The molecule has 0 atom stereocenters. The first-order valence-corrected chi connectivity index (χ1v) is 9.46. The molecule has 2 aromatic rings. The number of nitrogens with one attached hydrogen (secondary N) is 1. The zero-order valence-corrected chi connectivity index (χ0v) is 15.7. The van der Waals surface area contributed by atoms with Crippen molar-refractivity contribution in [2.45, 2.75) is 0 Å². The van der Waals surface area contributed by atoms with E-state index in [0.717, 1.165) is 0 Å². The van der Waals surface area contributed by atoms with E-state index in [1.54, 1.807) is 17.0 Å². The Morgan fingerprint density at radius 2 is 2.04 bits per heavy atom. The van der Waals surface area contributed by atoms with Crippen LogP contribution >= 0.6 is 22.9 Å². The maximum atomic E-state index is 13.4. The van der Waals surface area contributed by atoms with Gasteiger partial charge >= 0.3 is 0 Å². The second-order valence-electron chi connectivity index (χ2n) is 6.05. The third-order valence-electron chi connectivity index (χ3n) is 4.26. The van der Waals surface area contributed by atoms with Crippen LogP contribution in [0.1, 0.15) is 9.67 Å². The smallest absolute Gasteiger partial charge is 0.265 e. The second kappa shape index (κ2) is 8.16. The number of fused-ring (bicyclic) bond motifs is 1. The largest absolute Gasteiger partial charge is 0.352 e. The minimum absolute atomic E-state index is 0.0562. The molecule has 2 heterocycles. The molecule has 0 radical (unpaired) electrons. The molecule has 1 fully saturated rings. The number of nitrogens with zero attached hydrogens (tertiary/aromatic N) is 2. The van der Waals surface area contributed by atoms with Gasteiger partial charge in [0.2, 0.25) is 5.91 Å². The van der Waals surface area contributed by atoms with Gasteiger partial charge in [0.1, 0.15) is 10.7 Å². The van der Waals surface area contributed by atoms with Gasteiger partial charge in [0.25, 0.3) is 5.91 Å². The van der Waals surface area contributed by atoms with E-state index in [9.17, 15) is 14.0 Å². The Balaban J connectivity index is 1.63. The summed E-state index contributed by atoms with van der Waals surface area (Å²) in [6, 6.07) is 4.33. The molecule has 138 valence electrons. The van der Waals surface area contributed by atoms with E-state index in [0.29, 0.717) is 59.3 Å². The number of thiophene rings is 1. The minimum atomic E-state index is -0.349. The third kappa shape index (κ3) is 4.06. The van der Waals surface area contributed by atoms with Crippen molar-refractivity contribution in [3.8, 4) is 0 Å². The normalized spacial score (nSPS) is 15.2. The van der Waals surface area contributed by atoms with Crippen LogP contribution in [0.15, 0.2) is 30.9 Å². The highest BCUT2D eigenvalue weighted by atomic mass is 35.5. The first-order valence-electron chi connectivity index (χ1n) is 8.26. The molecule has 26 heavy (non-hydrogen) atoms. The highest BCUT2D eigenvalue weighted by Gasteiger charge is 2.26. The van der Waals surface area contributed by atoms with E-state index < -0.39 is 0 Å². The molecule has 1 aliphatic heterocycles. The molecular weight excluding hydrogens is 377 g/mol. The van der Waals surface area contributed by atoms with Gasteiger partial charge in [-0.25, -0.2) is 4.39 Å². The standard InChI is InChI=1S/C18H19ClFN3O2S/c1-2-5-21-15(24)11-22-6-8-23(9-7-22)18(25)17-16(19)13-4-3-12(20)10-14(13)26-17/h2-4,10H,1,5-9,11H2,(H,21,24). The minimum Gasteiger partial charge on any atom is -0.352 e. The predicted octanol–water partition coefficient (Wildman–Crippen LogP) is 2.75. The summed E-state index contributed by atoms with van der Waals surface area (Å²) in [6.45, 7) is 6.58. The van der Waals surface area contributed by atoms with Crippen molar-refractivity contribution in [3.63, 3.8) is 0 Å². The van der Waals surface area contributed by atoms with Gasteiger partial charge in [-0.3, -0.25) is 14.5 Å². The molecule has 1 aromatic carbocycles. The first kappa shape index (κ1) is 18.8. The van der Waals surface area contributed by atoms with Gasteiger partial charge in [-0.2, -0.15) is 0 Å². The molecule has 5 nitrogen and oxygen atoms in total. The maximum Gasteiger partial charge on any atom is 0.265 e. The van der Waals surface area contributed by atoms with Crippen molar-refractivity contribution < 1.29 is 14.0 Å². The molecule has 0 bridgehead atoms. The monoisotopic (exact) mass is 395 g/mol. The van der Waals surface area contributed by atoms with Gasteiger partial charge in [-0.1, -0.05) is 17.7 Å². The van der Waals surface area contributed by atoms with Crippen LogP contribution in [-0.4, -0.2) is 60.9 Å². The molecule has 2 amide bonds. The Morgan fingerprint density at radius 1 is 1.31 bits per heavy atom. The van der Waals surface area contributed by atoms with Crippen molar-refractivity contribution >= 4 is 44.8 Å². The quantitative estimate of drug-likeness (QED) is 0.792. The summed E-state index contributed by atoms with van der Waals surface area (Å²) in [5, 5.41) is 3.81. The Bertz CT molecular complexity index is 846. The van der Waals surface area contributed by atoms with Crippen LogP contribution in [0.4, 0.5) is 4.39 Å². The van der Waals surface area contributed by atoms with E-state index in [-0.39, 0.29) is 17.6 Å². The lowest BCUT2D eigenvalue weighted by molar-refractivity contribution is -0.122. The Hall–Kier alpha value is -1.96. The van der Waals surface area contributed by atoms with Crippen LogP contribution in [0.25, 0.3) is 10.1 Å². The number of carbonyl (C=O) groups excluding carboxylic acids is 2. The summed E-state index contributed by atoms with van der Waals surface area (Å²) in [5.41, 5.74) is 0. The molecule has 0 saturated carbocycles. The van der Waals surface area contributed by atoms with Crippen molar-refractivity contribution in [1.82, 2.24) is 15.1 Å². The fraction of sp³-hybridized carbons (Fsp3) is 0.333. The number of hydrogen-bond acceptors (Lipinski definition) is 4. The van der Waals surface area contributed by atoms with E-state index in [1.807, 2.05) is 4.90 Å². The lowest BCUT2D eigenvalue weighted by atomic mass is 10.2. The maximum absolute atomic E-state index is 13.4. The molecule has 8 heteroatoms. The van der Waals surface area contributed by atoms with Crippen molar-refractivity contribution in [2.24, 2.45) is 0 Å². The van der Waals surface area contributed by atoms with Crippen molar-refractivity contribution in [3.05, 3.63) is 46.6 Å². The fourth-order valence-electron chi connectivity index (χ4n) is 2.87. The number of piperazine rings is 1. The number of halogens is 2. The first-order chi connectivity index (χ1) is 12.5. The van der Waals surface area contributed by atoms with Gasteiger partial charge in [-0.05, 0) is 18.2 Å². The number of carbonyl (C=O) groups is 2. The summed E-state index contributed by atoms with van der Waals surface area (Å²) in [6.07, 6.45) is 1.63. The van der Waals surface area contributed by atoms with Gasteiger partial charge < -0.3 is 10.2 Å². The van der Waals surface area contributed by atoms with Gasteiger partial charge in [-0.15, -0.1) is 17.9 Å². The molecule has 1 aliphatic rings. The van der Waals surface area contributed by atoms with E-state index in [1.165, 1.54) is 23.5 Å². The highest BCUT2D eigenvalue weighted by molar-refractivity contribution is 7.21. The van der Waals surface area contributed by atoms with Gasteiger partial charge in [0, 0.05) is 42.8 Å². The SMILES string of the molecule is C=CCNC(=O)CN1CCN(C(=O)c2sc3cc(F)ccc3c2Cl)CC1. The number of benzene rings is 1. The summed E-state index contributed by atoms with van der Waals surface area (Å²) in [4.78, 5) is 28.7. The zero-order valence-electron chi connectivity index (χ0n) is 14.1. The fourth-order valence-corrected chi connectivity index (χ4v) is 4.38. The van der Waals surface area contributed by atoms with E-state index >= 15 is 0 Å². The summed E-state index contributed by atoms with van der Waals surface area (Å²) in [7, 11) is 0. The summed E-state index contributed by atoms with van der Waals surface area (Å²) >= 11 is 7.55. The highest BCUT2D eigenvalue weighted by Crippen LogP contribution is 2.36. The van der Waals surface area contributed by atoms with Crippen molar-refractivity contribution in [2.75, 3.05) is 39.3 Å².